The van der Waals surface area contributed by atoms with E-state index in [1.54, 1.807) is 0 Å². The summed E-state index contributed by atoms with van der Waals surface area (Å²) >= 11 is 0. The van der Waals surface area contributed by atoms with Crippen molar-refractivity contribution in [1.29, 1.82) is 5.41 Å². The van der Waals surface area contributed by atoms with Gasteiger partial charge in [-0.15, -0.1) is 0 Å². The van der Waals surface area contributed by atoms with Crippen molar-refractivity contribution < 1.29 is 0 Å². The van der Waals surface area contributed by atoms with E-state index in [4.69, 9.17) is 11.3 Å². The van der Waals surface area contributed by atoms with Crippen molar-refractivity contribution in [2.24, 2.45) is 10.9 Å². The third kappa shape index (κ3) is 2.94. The smallest absolute Gasteiger partial charge is 0.107 e. The standard InChI is InChI=1S/C17H19N3/c1-12(2)13-3-5-14(6-4-13)15-7-9-16(10-8-15)17(11-18)20-19/h3-12,18H,19H2,1-2H3/b18-11?,20-17+. The highest BCUT2D eigenvalue weighted by atomic mass is 15.1. The number of rotatable bonds is 4. The quantitative estimate of drug-likeness (QED) is 0.493. The lowest BCUT2D eigenvalue weighted by molar-refractivity contribution is 0.867. The second kappa shape index (κ2) is 6.15. The molecule has 3 nitrogen and oxygen atoms in total. The predicted octanol–water partition coefficient (Wildman–Crippen LogP) is 3.79. The van der Waals surface area contributed by atoms with Crippen molar-refractivity contribution in [3.63, 3.8) is 0 Å². The number of nitrogens with one attached hydrogen (secondary N) is 1. The molecule has 0 aliphatic carbocycles. The first-order valence-corrected chi connectivity index (χ1v) is 6.65. The van der Waals surface area contributed by atoms with Gasteiger partial charge in [0.05, 0.1) is 0 Å². The minimum absolute atomic E-state index is 0.478. The Labute approximate surface area is 119 Å². The number of hydrogen-bond acceptors (Lipinski definition) is 3. The number of benzene rings is 2. The van der Waals surface area contributed by atoms with Crippen molar-refractivity contribution in [3.05, 3.63) is 59.7 Å². The van der Waals surface area contributed by atoms with Crippen LogP contribution in [0.3, 0.4) is 0 Å². The van der Waals surface area contributed by atoms with Crippen molar-refractivity contribution in [2.75, 3.05) is 0 Å². The fourth-order valence-corrected chi connectivity index (χ4v) is 2.09. The van der Waals surface area contributed by atoms with Gasteiger partial charge in [0.25, 0.3) is 0 Å². The first-order valence-electron chi connectivity index (χ1n) is 6.65. The van der Waals surface area contributed by atoms with Gasteiger partial charge in [-0.25, -0.2) is 0 Å². The van der Waals surface area contributed by atoms with Crippen LogP contribution in [0.1, 0.15) is 30.9 Å². The molecule has 0 aromatic heterocycles. The van der Waals surface area contributed by atoms with Crippen LogP contribution in [-0.4, -0.2) is 11.9 Å². The normalized spacial score (nSPS) is 11.7. The topological polar surface area (TPSA) is 62.2 Å². The molecule has 0 bridgehead atoms. The summed E-state index contributed by atoms with van der Waals surface area (Å²) in [7, 11) is 0. The summed E-state index contributed by atoms with van der Waals surface area (Å²) in [4.78, 5) is 0. The van der Waals surface area contributed by atoms with Gasteiger partial charge < -0.3 is 11.3 Å². The minimum atomic E-state index is 0.478. The summed E-state index contributed by atoms with van der Waals surface area (Å²) in [6.07, 6.45) is 1.16. The summed E-state index contributed by atoms with van der Waals surface area (Å²) in [6.45, 7) is 4.38. The van der Waals surface area contributed by atoms with Crippen molar-refractivity contribution >= 4 is 11.9 Å². The van der Waals surface area contributed by atoms with Crippen molar-refractivity contribution in [3.8, 4) is 11.1 Å². The zero-order chi connectivity index (χ0) is 14.5. The third-order valence-corrected chi connectivity index (χ3v) is 3.37. The van der Waals surface area contributed by atoms with Crippen LogP contribution in [-0.2, 0) is 0 Å². The molecular formula is C17H19N3. The molecule has 0 spiro atoms. The number of nitrogens with two attached hydrogens (primary N) is 1. The van der Waals surface area contributed by atoms with Gasteiger partial charge in [0, 0.05) is 11.8 Å². The van der Waals surface area contributed by atoms with Gasteiger partial charge in [-0.3, -0.25) is 0 Å². The van der Waals surface area contributed by atoms with E-state index in [2.05, 4.69) is 43.2 Å². The van der Waals surface area contributed by atoms with Crippen LogP contribution in [0.15, 0.2) is 53.6 Å². The van der Waals surface area contributed by atoms with Gasteiger partial charge >= 0.3 is 0 Å². The summed E-state index contributed by atoms with van der Waals surface area (Å²) in [6, 6.07) is 16.5. The van der Waals surface area contributed by atoms with E-state index in [-0.39, 0.29) is 0 Å². The van der Waals surface area contributed by atoms with Crippen molar-refractivity contribution in [1.82, 2.24) is 0 Å². The van der Waals surface area contributed by atoms with Crippen LogP contribution in [0.2, 0.25) is 0 Å². The van der Waals surface area contributed by atoms with Gasteiger partial charge in [-0.05, 0) is 22.6 Å². The molecule has 0 radical (unpaired) electrons. The lowest BCUT2D eigenvalue weighted by Crippen LogP contribution is -2.04. The Bertz CT molecular complexity index is 608. The lowest BCUT2D eigenvalue weighted by Gasteiger charge is -2.08. The third-order valence-electron chi connectivity index (χ3n) is 3.37. The Hall–Kier alpha value is -2.42. The van der Waals surface area contributed by atoms with Gasteiger partial charge in [-0.2, -0.15) is 5.10 Å². The maximum absolute atomic E-state index is 7.24. The summed E-state index contributed by atoms with van der Waals surface area (Å²) in [5.74, 6) is 5.79. The lowest BCUT2D eigenvalue weighted by atomic mass is 9.98. The SMILES string of the molecule is CC(C)c1ccc(-c2ccc(/C(C=N)=N/N)cc2)cc1. The molecule has 2 aromatic rings. The molecule has 0 amide bonds. The Balaban J connectivity index is 2.28. The Morgan fingerprint density at radius 3 is 1.90 bits per heavy atom. The maximum atomic E-state index is 7.24. The number of hydrazone groups is 1. The first kappa shape index (κ1) is 14.0. The van der Waals surface area contributed by atoms with Gasteiger partial charge in [0.1, 0.15) is 5.71 Å². The largest absolute Gasteiger partial charge is 0.323 e. The zero-order valence-electron chi connectivity index (χ0n) is 11.8. The van der Waals surface area contributed by atoms with E-state index in [1.165, 1.54) is 11.1 Å². The average molecular weight is 265 g/mol. The zero-order valence-corrected chi connectivity index (χ0v) is 11.8. The molecule has 102 valence electrons. The van der Waals surface area contributed by atoms with Gasteiger partial charge in [0.15, 0.2) is 0 Å². The molecule has 0 atom stereocenters. The maximum Gasteiger partial charge on any atom is 0.107 e. The number of hydrogen-bond donors (Lipinski definition) is 2. The molecular weight excluding hydrogens is 246 g/mol. The Morgan fingerprint density at radius 1 is 1.00 bits per heavy atom. The second-order valence-corrected chi connectivity index (χ2v) is 5.01. The number of nitrogens with zero attached hydrogens (tertiary/aromatic N) is 1. The molecule has 0 aliphatic rings. The Morgan fingerprint density at radius 2 is 1.50 bits per heavy atom. The second-order valence-electron chi connectivity index (χ2n) is 5.01. The molecule has 3 N–H and O–H groups in total. The average Bonchev–Trinajstić information content (AvgIpc) is 2.49. The van der Waals surface area contributed by atoms with E-state index in [9.17, 15) is 0 Å². The Kier molecular flexibility index (Phi) is 4.31. The highest BCUT2D eigenvalue weighted by molar-refractivity contribution is 6.37. The molecule has 2 aromatic carbocycles. The molecule has 0 fully saturated rings. The van der Waals surface area contributed by atoms with Crippen LogP contribution < -0.4 is 5.84 Å². The highest BCUT2D eigenvalue weighted by Crippen LogP contribution is 2.23. The van der Waals surface area contributed by atoms with E-state index in [0.717, 1.165) is 17.3 Å². The molecule has 20 heavy (non-hydrogen) atoms. The summed E-state index contributed by atoms with van der Waals surface area (Å²) in [5.41, 5.74) is 5.00. The van der Waals surface area contributed by atoms with Crippen LogP contribution in [0, 0.1) is 5.41 Å². The van der Waals surface area contributed by atoms with Crippen molar-refractivity contribution in [2.45, 2.75) is 19.8 Å². The van der Waals surface area contributed by atoms with E-state index < -0.39 is 0 Å². The highest BCUT2D eigenvalue weighted by Gasteiger charge is 2.03. The summed E-state index contributed by atoms with van der Waals surface area (Å²) < 4.78 is 0. The minimum Gasteiger partial charge on any atom is -0.323 e. The first-order chi connectivity index (χ1) is 9.65. The molecule has 0 saturated carbocycles. The molecule has 2 rings (SSSR count). The van der Waals surface area contributed by atoms with Crippen LogP contribution in [0.5, 0.6) is 0 Å². The molecule has 0 unspecified atom stereocenters. The fraction of sp³-hybridized carbons (Fsp3) is 0.176. The van der Waals surface area contributed by atoms with E-state index in [1.807, 2.05) is 24.3 Å². The van der Waals surface area contributed by atoms with E-state index >= 15 is 0 Å². The predicted molar refractivity (Wildman–Crippen MR) is 85.5 cm³/mol. The van der Waals surface area contributed by atoms with Gasteiger partial charge in [-0.1, -0.05) is 62.4 Å². The molecule has 0 heterocycles. The van der Waals surface area contributed by atoms with Crippen LogP contribution in [0.4, 0.5) is 0 Å². The molecule has 0 saturated heterocycles. The summed E-state index contributed by atoms with van der Waals surface area (Å²) in [5, 5.41) is 10.8. The van der Waals surface area contributed by atoms with Crippen LogP contribution >= 0.6 is 0 Å². The molecule has 3 heteroatoms. The van der Waals surface area contributed by atoms with E-state index in [0.29, 0.717) is 11.6 Å². The monoisotopic (exact) mass is 265 g/mol. The fourth-order valence-electron chi connectivity index (χ4n) is 2.09. The van der Waals surface area contributed by atoms with Crippen LogP contribution in [0.25, 0.3) is 11.1 Å². The molecule has 0 aliphatic heterocycles. The van der Waals surface area contributed by atoms with Gasteiger partial charge in [0.2, 0.25) is 0 Å².